The second-order valence-corrected chi connectivity index (χ2v) is 2.94. The van der Waals surface area contributed by atoms with Gasteiger partial charge in [-0.05, 0) is 7.05 Å². The smallest absolute Gasteiger partial charge is 0.272 e. The quantitative estimate of drug-likeness (QED) is 0.625. The first-order valence-electron chi connectivity index (χ1n) is 4.17. The zero-order chi connectivity index (χ0) is 11.0. The van der Waals surface area contributed by atoms with Crippen LogP contribution in [0.3, 0.4) is 0 Å². The Kier molecular flexibility index (Phi) is 5.87. The Balaban J connectivity index is 4.15. The second-order valence-electron chi connectivity index (χ2n) is 2.94. The lowest BCUT2D eigenvalue weighted by atomic mass is 10.3. The van der Waals surface area contributed by atoms with Gasteiger partial charge >= 0.3 is 0 Å². The number of alkyl halides is 2. The Morgan fingerprint density at radius 3 is 2.14 bits per heavy atom. The van der Waals surface area contributed by atoms with E-state index in [-0.39, 0.29) is 19.6 Å². The minimum atomic E-state index is -2.80. The molecule has 14 heavy (non-hydrogen) atoms. The average molecular weight is 200 g/mol. The molecular formula is C10H14F2N2. The highest BCUT2D eigenvalue weighted by Crippen LogP contribution is 2.13. The van der Waals surface area contributed by atoms with Crippen LogP contribution in [0.2, 0.25) is 0 Å². The van der Waals surface area contributed by atoms with Crippen LogP contribution >= 0.6 is 0 Å². The zero-order valence-corrected chi connectivity index (χ0v) is 8.19. The lowest BCUT2D eigenvalue weighted by molar-refractivity contribution is -0.0233. The van der Waals surface area contributed by atoms with Crippen molar-refractivity contribution in [1.82, 2.24) is 10.2 Å². The summed E-state index contributed by atoms with van der Waals surface area (Å²) in [6.45, 7) is -0.506. The maximum atomic E-state index is 13.1. The molecule has 0 aliphatic heterocycles. The molecule has 0 aromatic heterocycles. The molecular weight excluding hydrogens is 186 g/mol. The minimum absolute atomic E-state index is 0.142. The van der Waals surface area contributed by atoms with Crippen LogP contribution in [0.4, 0.5) is 8.78 Å². The van der Waals surface area contributed by atoms with Gasteiger partial charge in [-0.15, -0.1) is 12.8 Å². The van der Waals surface area contributed by atoms with E-state index in [1.807, 2.05) is 0 Å². The first-order valence-corrected chi connectivity index (χ1v) is 4.17. The van der Waals surface area contributed by atoms with E-state index < -0.39 is 12.5 Å². The van der Waals surface area contributed by atoms with Crippen molar-refractivity contribution in [1.29, 1.82) is 0 Å². The third kappa shape index (κ3) is 5.53. The minimum Gasteiger partial charge on any atom is -0.314 e. The summed E-state index contributed by atoms with van der Waals surface area (Å²) in [5, 5.41) is 2.42. The third-order valence-electron chi connectivity index (χ3n) is 1.52. The number of nitrogens with zero attached hydrogens (tertiary/aromatic N) is 1. The largest absolute Gasteiger partial charge is 0.314 e. The summed E-state index contributed by atoms with van der Waals surface area (Å²) < 4.78 is 26.2. The normalized spacial score (nSPS) is 11.0. The molecule has 0 bridgehead atoms. The monoisotopic (exact) mass is 200 g/mol. The number of rotatable bonds is 6. The molecule has 0 aromatic carbocycles. The molecule has 1 N–H and O–H groups in total. The van der Waals surface area contributed by atoms with Gasteiger partial charge in [0.1, 0.15) is 0 Å². The Hall–Kier alpha value is -1.10. The molecule has 2 nitrogen and oxygen atoms in total. The summed E-state index contributed by atoms with van der Waals surface area (Å²) in [5.41, 5.74) is 0. The van der Waals surface area contributed by atoms with Gasteiger partial charge < -0.3 is 5.32 Å². The van der Waals surface area contributed by atoms with E-state index in [0.717, 1.165) is 0 Å². The van der Waals surface area contributed by atoms with Crippen LogP contribution in [0.15, 0.2) is 0 Å². The van der Waals surface area contributed by atoms with Gasteiger partial charge in [0.25, 0.3) is 5.92 Å². The van der Waals surface area contributed by atoms with Gasteiger partial charge in [-0.3, -0.25) is 4.90 Å². The summed E-state index contributed by atoms with van der Waals surface area (Å²) in [6.07, 6.45) is 10.1. The van der Waals surface area contributed by atoms with Crippen molar-refractivity contribution in [2.45, 2.75) is 5.92 Å². The third-order valence-corrected chi connectivity index (χ3v) is 1.52. The Morgan fingerprint density at radius 1 is 1.29 bits per heavy atom. The van der Waals surface area contributed by atoms with Crippen LogP contribution in [0.1, 0.15) is 0 Å². The molecule has 0 aliphatic rings. The SMILES string of the molecule is C#CCN(CC#C)CC(F)(F)CNC. The van der Waals surface area contributed by atoms with Crippen LogP contribution in [0.5, 0.6) is 0 Å². The molecule has 0 fully saturated rings. The number of hydrogen-bond acceptors (Lipinski definition) is 2. The predicted molar refractivity (Wildman–Crippen MR) is 53.0 cm³/mol. The van der Waals surface area contributed by atoms with Crippen LogP contribution < -0.4 is 5.32 Å². The Labute approximate surface area is 83.7 Å². The fraction of sp³-hybridized carbons (Fsp3) is 0.600. The number of hydrogen-bond donors (Lipinski definition) is 1. The molecule has 0 aliphatic carbocycles. The van der Waals surface area contributed by atoms with E-state index in [2.05, 4.69) is 17.2 Å². The van der Waals surface area contributed by atoms with Crippen LogP contribution in [0, 0.1) is 24.7 Å². The first-order chi connectivity index (χ1) is 6.55. The lowest BCUT2D eigenvalue weighted by Gasteiger charge is -2.23. The van der Waals surface area contributed by atoms with Gasteiger partial charge in [0.05, 0.1) is 26.2 Å². The highest BCUT2D eigenvalue weighted by Gasteiger charge is 2.30. The Bertz CT molecular complexity index is 221. The molecule has 0 saturated heterocycles. The van der Waals surface area contributed by atoms with Gasteiger partial charge in [-0.1, -0.05) is 11.8 Å². The van der Waals surface area contributed by atoms with E-state index >= 15 is 0 Å². The van der Waals surface area contributed by atoms with Gasteiger partial charge in [-0.25, -0.2) is 8.78 Å². The van der Waals surface area contributed by atoms with Crippen molar-refractivity contribution in [3.63, 3.8) is 0 Å². The molecule has 0 saturated carbocycles. The van der Waals surface area contributed by atoms with Crippen molar-refractivity contribution in [3.05, 3.63) is 0 Å². The van der Waals surface area contributed by atoms with Gasteiger partial charge in [-0.2, -0.15) is 0 Å². The molecule has 0 amide bonds. The molecule has 0 unspecified atom stereocenters. The number of halogens is 2. The molecule has 78 valence electrons. The number of terminal acetylenes is 2. The molecule has 0 radical (unpaired) electrons. The molecule has 0 spiro atoms. The van der Waals surface area contributed by atoms with Gasteiger partial charge in [0.15, 0.2) is 0 Å². The van der Waals surface area contributed by atoms with E-state index in [4.69, 9.17) is 12.8 Å². The molecule has 0 heterocycles. The maximum absolute atomic E-state index is 13.1. The maximum Gasteiger partial charge on any atom is 0.272 e. The molecule has 4 heteroatoms. The highest BCUT2D eigenvalue weighted by molar-refractivity contribution is 4.95. The topological polar surface area (TPSA) is 15.3 Å². The second kappa shape index (κ2) is 6.37. The molecule has 0 aromatic rings. The predicted octanol–water partition coefficient (Wildman–Crippen LogP) is 0.410. The van der Waals surface area contributed by atoms with E-state index in [9.17, 15) is 8.78 Å². The van der Waals surface area contributed by atoms with Crippen LogP contribution in [-0.2, 0) is 0 Å². The van der Waals surface area contributed by atoms with Crippen molar-refractivity contribution in [2.75, 3.05) is 33.2 Å². The first kappa shape index (κ1) is 12.9. The fourth-order valence-corrected chi connectivity index (χ4v) is 1.07. The fourth-order valence-electron chi connectivity index (χ4n) is 1.07. The molecule has 0 atom stereocenters. The van der Waals surface area contributed by atoms with Crippen molar-refractivity contribution in [2.24, 2.45) is 0 Å². The number of nitrogens with one attached hydrogen (secondary N) is 1. The van der Waals surface area contributed by atoms with Crippen LogP contribution in [0.25, 0.3) is 0 Å². The summed E-state index contributed by atoms with van der Waals surface area (Å²) in [7, 11) is 1.47. The van der Waals surface area contributed by atoms with E-state index in [0.29, 0.717) is 0 Å². The average Bonchev–Trinajstić information content (AvgIpc) is 2.03. The summed E-state index contributed by atoms with van der Waals surface area (Å²) in [4.78, 5) is 1.36. The summed E-state index contributed by atoms with van der Waals surface area (Å²) in [5.74, 6) is 1.78. The van der Waals surface area contributed by atoms with Crippen molar-refractivity contribution >= 4 is 0 Å². The summed E-state index contributed by atoms with van der Waals surface area (Å²) >= 11 is 0. The summed E-state index contributed by atoms with van der Waals surface area (Å²) in [6, 6.07) is 0. The van der Waals surface area contributed by atoms with Crippen molar-refractivity contribution < 1.29 is 8.78 Å². The van der Waals surface area contributed by atoms with Crippen molar-refractivity contribution in [3.8, 4) is 24.7 Å². The van der Waals surface area contributed by atoms with Gasteiger partial charge in [0.2, 0.25) is 0 Å². The van der Waals surface area contributed by atoms with E-state index in [1.54, 1.807) is 0 Å². The van der Waals surface area contributed by atoms with Crippen LogP contribution in [-0.4, -0.2) is 44.0 Å². The van der Waals surface area contributed by atoms with Gasteiger partial charge in [0, 0.05) is 0 Å². The lowest BCUT2D eigenvalue weighted by Crippen LogP contribution is -2.43. The van der Waals surface area contributed by atoms with E-state index in [1.165, 1.54) is 11.9 Å². The highest BCUT2D eigenvalue weighted by atomic mass is 19.3. The Morgan fingerprint density at radius 2 is 1.79 bits per heavy atom. The zero-order valence-electron chi connectivity index (χ0n) is 8.19. The molecule has 0 rings (SSSR count). The standard InChI is InChI=1S/C10H14F2N2/c1-4-6-14(7-5-2)9-10(11,12)8-13-3/h1-2,13H,6-9H2,3H3.